The molecule has 1 aromatic rings. The Morgan fingerprint density at radius 1 is 1.12 bits per heavy atom. The van der Waals surface area contributed by atoms with Gasteiger partial charge in [0.05, 0.1) is 13.0 Å². The first-order chi connectivity index (χ1) is 18.4. The van der Waals surface area contributed by atoms with Crippen LogP contribution in [0, 0.1) is 5.92 Å². The van der Waals surface area contributed by atoms with E-state index < -0.39 is 23.2 Å². The lowest BCUT2D eigenvalue weighted by Crippen LogP contribution is -2.33. The number of allylic oxidation sites excluding steroid dienone is 1. The lowest BCUT2D eigenvalue weighted by Gasteiger charge is -2.23. The number of carboxylic acid groups (broad SMARTS) is 1. The van der Waals surface area contributed by atoms with Gasteiger partial charge in [-0.15, -0.1) is 0 Å². The number of ether oxygens (including phenoxy) is 2. The van der Waals surface area contributed by atoms with Gasteiger partial charge in [0.25, 0.3) is 0 Å². The van der Waals surface area contributed by atoms with Gasteiger partial charge in [-0.05, 0) is 73.8 Å². The topological polar surface area (TPSA) is 149 Å². The molecule has 0 bridgehead atoms. The zero-order chi connectivity index (χ0) is 30.5. The Kier molecular flexibility index (Phi) is 14.2. The second-order valence-corrected chi connectivity index (χ2v) is 12.2. The van der Waals surface area contributed by atoms with Crippen LogP contribution < -0.4 is 5.73 Å². The van der Waals surface area contributed by atoms with Gasteiger partial charge in [0.2, 0.25) is 0 Å². The highest BCUT2D eigenvalue weighted by atomic mass is 16.6. The second-order valence-electron chi connectivity index (χ2n) is 12.2. The largest absolute Gasteiger partial charge is 0.480 e. The van der Waals surface area contributed by atoms with Crippen molar-refractivity contribution >= 4 is 23.6 Å². The molecule has 0 saturated heterocycles. The smallest absolute Gasteiger partial charge is 0.326 e. The lowest BCUT2D eigenvalue weighted by molar-refractivity contribution is -0.156. The summed E-state index contributed by atoms with van der Waals surface area (Å²) in [4.78, 5) is 46.6. The molecule has 3 N–H and O–H groups in total. The van der Waals surface area contributed by atoms with Crippen LogP contribution in [-0.2, 0) is 36.9 Å². The highest BCUT2D eigenvalue weighted by Crippen LogP contribution is 2.13. The van der Waals surface area contributed by atoms with E-state index in [9.17, 15) is 14.4 Å². The van der Waals surface area contributed by atoms with Crippen LogP contribution >= 0.6 is 0 Å². The first-order valence-electron chi connectivity index (χ1n) is 13.8. The Balaban J connectivity index is 2.87. The summed E-state index contributed by atoms with van der Waals surface area (Å²) in [6, 6.07) is -0.878. The molecule has 1 rings (SSSR count). The monoisotopic (exact) mass is 563 g/mol. The maximum absolute atomic E-state index is 12.4. The van der Waals surface area contributed by atoms with Crippen LogP contribution in [0.15, 0.2) is 29.7 Å². The number of hydrogen-bond acceptors (Lipinski definition) is 9. The van der Waals surface area contributed by atoms with Crippen molar-refractivity contribution in [1.82, 2.24) is 14.5 Å². The number of carbonyl (C=O) groups excluding carboxylic acids is 2. The SMILES string of the molecule is CC(CN(CCCC[C@H](N)C(=O)O)Cc1nccn1CC(=O)OC(C)(C)C)=N/C=C\C(C)CC(=O)OC(C)(C)C. The first-order valence-corrected chi connectivity index (χ1v) is 13.8. The van der Waals surface area contributed by atoms with Crippen LogP contribution in [0.4, 0.5) is 0 Å². The van der Waals surface area contributed by atoms with Gasteiger partial charge in [-0.25, -0.2) is 4.98 Å². The summed E-state index contributed by atoms with van der Waals surface area (Å²) in [7, 11) is 0. The predicted octanol–water partition coefficient (Wildman–Crippen LogP) is 3.95. The number of aromatic nitrogens is 2. The lowest BCUT2D eigenvalue weighted by atomic mass is 10.1. The number of aliphatic imine (C=N–C) groups is 1. The molecule has 0 fully saturated rings. The van der Waals surface area contributed by atoms with Gasteiger partial charge in [-0.3, -0.25) is 24.3 Å². The third kappa shape index (κ3) is 16.1. The summed E-state index contributed by atoms with van der Waals surface area (Å²) < 4.78 is 12.6. The number of aliphatic carboxylic acids is 1. The summed E-state index contributed by atoms with van der Waals surface area (Å²) in [5.41, 5.74) is 5.41. The van der Waals surface area contributed by atoms with Crippen LogP contribution in [0.2, 0.25) is 0 Å². The maximum atomic E-state index is 12.4. The van der Waals surface area contributed by atoms with E-state index in [2.05, 4.69) is 14.9 Å². The van der Waals surface area contributed by atoms with E-state index in [1.54, 1.807) is 23.2 Å². The fraction of sp³-hybridized carbons (Fsp3) is 0.690. The number of hydrogen-bond donors (Lipinski definition) is 2. The van der Waals surface area contributed by atoms with Gasteiger partial charge in [0.15, 0.2) is 0 Å². The number of carboxylic acids is 1. The molecule has 0 aromatic carbocycles. The van der Waals surface area contributed by atoms with Crippen LogP contribution in [0.5, 0.6) is 0 Å². The molecule has 0 aliphatic rings. The molecule has 0 aliphatic heterocycles. The van der Waals surface area contributed by atoms with Crippen LogP contribution in [0.1, 0.15) is 86.9 Å². The molecule has 0 amide bonds. The Morgan fingerprint density at radius 3 is 2.35 bits per heavy atom. The molecule has 11 heteroatoms. The minimum Gasteiger partial charge on any atom is -0.480 e. The van der Waals surface area contributed by atoms with Crippen LogP contribution in [-0.4, -0.2) is 73.5 Å². The van der Waals surface area contributed by atoms with Gasteiger partial charge in [-0.1, -0.05) is 19.4 Å². The van der Waals surface area contributed by atoms with Crippen LogP contribution in [0.3, 0.4) is 0 Å². The number of nitrogens with zero attached hydrogens (tertiary/aromatic N) is 4. The minimum absolute atomic E-state index is 0.0266. The minimum atomic E-state index is -1.00. The van der Waals surface area contributed by atoms with E-state index in [4.69, 9.17) is 20.3 Å². The molecule has 0 spiro atoms. The summed E-state index contributed by atoms with van der Waals surface area (Å²) >= 11 is 0. The van der Waals surface area contributed by atoms with Crippen molar-refractivity contribution in [2.45, 2.75) is 111 Å². The Hall–Kier alpha value is -3.05. The average molecular weight is 564 g/mol. The first kappa shape index (κ1) is 35.0. The predicted molar refractivity (Wildman–Crippen MR) is 155 cm³/mol. The normalized spacial score (nSPS) is 14.4. The van der Waals surface area contributed by atoms with E-state index in [0.29, 0.717) is 38.3 Å². The summed E-state index contributed by atoms with van der Waals surface area (Å²) in [6.45, 7) is 16.6. The van der Waals surface area contributed by atoms with E-state index in [0.717, 1.165) is 12.1 Å². The Bertz CT molecular complexity index is 1020. The van der Waals surface area contributed by atoms with Crippen molar-refractivity contribution < 1.29 is 29.0 Å². The quantitative estimate of drug-likeness (QED) is 0.173. The summed E-state index contributed by atoms with van der Waals surface area (Å²) in [6.07, 6.45) is 9.04. The number of esters is 2. The Labute approximate surface area is 238 Å². The van der Waals surface area contributed by atoms with Crippen molar-refractivity contribution in [1.29, 1.82) is 0 Å². The molecule has 0 radical (unpaired) electrons. The number of imidazole rings is 1. The molecular formula is C29H49N5O6. The van der Waals surface area contributed by atoms with Gasteiger partial charge >= 0.3 is 17.9 Å². The molecule has 1 aromatic heterocycles. The van der Waals surface area contributed by atoms with E-state index >= 15 is 0 Å². The number of carbonyl (C=O) groups is 3. The molecule has 0 saturated carbocycles. The third-order valence-corrected chi connectivity index (χ3v) is 5.51. The van der Waals surface area contributed by atoms with Crippen molar-refractivity contribution in [3.63, 3.8) is 0 Å². The number of rotatable bonds is 16. The number of unbranched alkanes of at least 4 members (excludes halogenated alkanes) is 1. The molecule has 11 nitrogen and oxygen atoms in total. The zero-order valence-corrected chi connectivity index (χ0v) is 25.5. The summed E-state index contributed by atoms with van der Waals surface area (Å²) in [5, 5.41) is 9.04. The molecule has 40 heavy (non-hydrogen) atoms. The van der Waals surface area contributed by atoms with Gasteiger partial charge in [0.1, 0.15) is 29.6 Å². The van der Waals surface area contributed by atoms with Gasteiger partial charge < -0.3 is 24.9 Å². The molecule has 0 aliphatic carbocycles. The average Bonchev–Trinajstić information content (AvgIpc) is 3.19. The highest BCUT2D eigenvalue weighted by Gasteiger charge is 2.20. The van der Waals surface area contributed by atoms with E-state index in [1.165, 1.54) is 0 Å². The van der Waals surface area contributed by atoms with Crippen molar-refractivity contribution in [2.24, 2.45) is 16.6 Å². The Morgan fingerprint density at radius 2 is 1.75 bits per heavy atom. The highest BCUT2D eigenvalue weighted by molar-refractivity contribution is 5.84. The van der Waals surface area contributed by atoms with E-state index in [1.807, 2.05) is 61.5 Å². The van der Waals surface area contributed by atoms with Crippen molar-refractivity contribution in [3.8, 4) is 0 Å². The maximum Gasteiger partial charge on any atom is 0.326 e. The second kappa shape index (κ2) is 16.3. The molecule has 226 valence electrons. The number of nitrogens with two attached hydrogens (primary N) is 1. The zero-order valence-electron chi connectivity index (χ0n) is 25.5. The van der Waals surface area contributed by atoms with Crippen molar-refractivity contribution in [2.75, 3.05) is 13.1 Å². The molecule has 1 heterocycles. The summed E-state index contributed by atoms with van der Waals surface area (Å²) in [5.74, 6) is -0.911. The fourth-order valence-corrected chi connectivity index (χ4v) is 3.78. The third-order valence-electron chi connectivity index (χ3n) is 5.51. The molecule has 2 atom stereocenters. The molecular weight excluding hydrogens is 514 g/mol. The molecule has 1 unspecified atom stereocenters. The van der Waals surface area contributed by atoms with Gasteiger partial charge in [0, 0.05) is 30.9 Å². The van der Waals surface area contributed by atoms with Gasteiger partial charge in [-0.2, -0.15) is 0 Å². The van der Waals surface area contributed by atoms with Crippen molar-refractivity contribution in [3.05, 3.63) is 30.5 Å². The van der Waals surface area contributed by atoms with E-state index in [-0.39, 0.29) is 30.8 Å². The standard InChI is InChI=1S/C29H49N5O6/c1-21(17-25(35)39-28(3,4)5)12-13-31-22(2)18-33(15-10-9-11-23(30)27(37)38)19-24-32-14-16-34(24)20-26(36)40-29(6,7)8/h12-14,16,21,23H,9-11,15,17-20,30H2,1-8H3,(H,37,38)/b13-12-,31-22?/t21?,23-/m0/s1. The fourth-order valence-electron chi connectivity index (χ4n) is 3.78. The van der Waals surface area contributed by atoms with Crippen LogP contribution in [0.25, 0.3) is 0 Å².